The number of hydrogen-bond acceptors (Lipinski definition) is 7. The number of halogens is 1. The molecule has 2 aliphatic heterocycles. The highest BCUT2D eigenvalue weighted by atomic mass is 32.2. The first kappa shape index (κ1) is 22.2. The van der Waals surface area contributed by atoms with Crippen molar-refractivity contribution in [1.82, 2.24) is 9.29 Å². The number of rotatable bonds is 5. The number of nitrogens with one attached hydrogen (secondary N) is 1. The molecule has 0 unspecified atom stereocenters. The van der Waals surface area contributed by atoms with E-state index >= 15 is 0 Å². The zero-order chi connectivity index (χ0) is 23.0. The lowest BCUT2D eigenvalue weighted by molar-refractivity contribution is -0.119. The highest BCUT2D eigenvalue weighted by molar-refractivity contribution is 7.89. The number of morpholine rings is 1. The number of anilines is 2. The Labute approximate surface area is 195 Å². The first-order valence-corrected chi connectivity index (χ1v) is 13.0. The molecule has 3 aromatic rings. The monoisotopic (exact) mass is 490 g/mol. The van der Waals surface area contributed by atoms with Gasteiger partial charge in [0.15, 0.2) is 5.13 Å². The fourth-order valence-electron chi connectivity index (χ4n) is 4.14. The van der Waals surface area contributed by atoms with E-state index in [0.29, 0.717) is 31.7 Å². The van der Waals surface area contributed by atoms with Crippen molar-refractivity contribution in [2.24, 2.45) is 0 Å². The molecule has 0 radical (unpaired) electrons. The van der Waals surface area contributed by atoms with Crippen LogP contribution in [-0.2, 0) is 19.6 Å². The van der Waals surface area contributed by atoms with Crippen molar-refractivity contribution in [2.45, 2.75) is 23.8 Å². The van der Waals surface area contributed by atoms with E-state index in [0.717, 1.165) is 40.6 Å². The molecule has 3 heterocycles. The zero-order valence-corrected chi connectivity index (χ0v) is 19.4. The number of thiazole rings is 1. The third kappa shape index (κ3) is 4.45. The normalized spacial score (nSPS) is 19.8. The molecule has 11 heteroatoms. The lowest BCUT2D eigenvalue weighted by atomic mass is 10.2. The summed E-state index contributed by atoms with van der Waals surface area (Å²) in [5.74, 6) is -0.893. The van der Waals surface area contributed by atoms with E-state index in [-0.39, 0.29) is 17.3 Å². The summed E-state index contributed by atoms with van der Waals surface area (Å²) in [6, 6.07) is 9.33. The van der Waals surface area contributed by atoms with Gasteiger partial charge < -0.3 is 15.0 Å². The van der Waals surface area contributed by atoms with Crippen LogP contribution in [-0.4, -0.2) is 62.5 Å². The number of sulfonamides is 1. The van der Waals surface area contributed by atoms with E-state index in [1.165, 1.54) is 16.4 Å². The van der Waals surface area contributed by atoms with E-state index in [1.54, 1.807) is 17.4 Å². The minimum absolute atomic E-state index is 0.0229. The number of carbonyl (C=O) groups excluding carboxylic acids is 1. The van der Waals surface area contributed by atoms with Gasteiger partial charge in [-0.15, -0.1) is 0 Å². The molecule has 0 saturated carbocycles. The number of carbonyl (C=O) groups is 1. The van der Waals surface area contributed by atoms with Crippen LogP contribution in [0.25, 0.3) is 10.2 Å². The van der Waals surface area contributed by atoms with Crippen LogP contribution in [0.5, 0.6) is 0 Å². The standard InChI is InChI=1S/C22H23FN4O4S2/c23-15-3-6-17(7-4-15)33(29,30)27-9-1-2-19(27)21(28)24-16-5-8-18-20(14-16)32-22(25-18)26-10-12-31-13-11-26/h3-8,14,19H,1-2,9-13H2,(H,24,28)/t19-/m0/s1. The molecule has 2 aliphatic rings. The molecule has 2 saturated heterocycles. The van der Waals surface area contributed by atoms with Gasteiger partial charge in [0.1, 0.15) is 11.9 Å². The number of benzene rings is 2. The maximum atomic E-state index is 13.2. The van der Waals surface area contributed by atoms with Gasteiger partial charge in [-0.1, -0.05) is 11.3 Å². The van der Waals surface area contributed by atoms with Gasteiger partial charge in [0.25, 0.3) is 0 Å². The maximum Gasteiger partial charge on any atom is 0.243 e. The van der Waals surface area contributed by atoms with Crippen molar-refractivity contribution in [3.05, 3.63) is 48.3 Å². The molecule has 0 spiro atoms. The topological polar surface area (TPSA) is 91.8 Å². The molecule has 0 aliphatic carbocycles. The minimum atomic E-state index is -3.90. The van der Waals surface area contributed by atoms with Crippen molar-refractivity contribution in [3.63, 3.8) is 0 Å². The summed E-state index contributed by atoms with van der Waals surface area (Å²) in [5.41, 5.74) is 1.44. The molecule has 33 heavy (non-hydrogen) atoms. The molecule has 1 N–H and O–H groups in total. The van der Waals surface area contributed by atoms with Gasteiger partial charge in [-0.3, -0.25) is 4.79 Å². The van der Waals surface area contributed by atoms with E-state index in [2.05, 4.69) is 15.2 Å². The Morgan fingerprint density at radius 3 is 2.64 bits per heavy atom. The maximum absolute atomic E-state index is 13.2. The van der Waals surface area contributed by atoms with Crippen LogP contribution in [0.4, 0.5) is 15.2 Å². The molecule has 1 atom stereocenters. The van der Waals surface area contributed by atoms with Crippen LogP contribution in [0, 0.1) is 5.82 Å². The minimum Gasteiger partial charge on any atom is -0.378 e. The fourth-order valence-corrected chi connectivity index (χ4v) is 6.85. The van der Waals surface area contributed by atoms with Crippen LogP contribution in [0.2, 0.25) is 0 Å². The Kier molecular flexibility index (Phi) is 6.04. The SMILES string of the molecule is O=C(Nc1ccc2nc(N3CCOCC3)sc2c1)[C@@H]1CCCN1S(=O)(=O)c1ccc(F)cc1. The third-order valence-electron chi connectivity index (χ3n) is 5.85. The Morgan fingerprint density at radius 2 is 1.88 bits per heavy atom. The van der Waals surface area contributed by atoms with Crippen molar-refractivity contribution in [1.29, 1.82) is 0 Å². The largest absolute Gasteiger partial charge is 0.378 e. The van der Waals surface area contributed by atoms with Crippen LogP contribution in [0.3, 0.4) is 0 Å². The van der Waals surface area contributed by atoms with Crippen LogP contribution in [0.15, 0.2) is 47.4 Å². The molecule has 5 rings (SSSR count). The predicted molar refractivity (Wildman–Crippen MR) is 125 cm³/mol. The summed E-state index contributed by atoms with van der Waals surface area (Å²) >= 11 is 1.55. The van der Waals surface area contributed by atoms with E-state index in [4.69, 9.17) is 4.74 Å². The fraction of sp³-hybridized carbons (Fsp3) is 0.364. The number of fused-ring (bicyclic) bond motifs is 1. The summed E-state index contributed by atoms with van der Waals surface area (Å²) in [7, 11) is -3.90. The molecule has 1 aromatic heterocycles. The van der Waals surface area contributed by atoms with Crippen molar-refractivity contribution < 1.29 is 22.3 Å². The number of nitrogens with zero attached hydrogens (tertiary/aromatic N) is 3. The van der Waals surface area contributed by atoms with Gasteiger partial charge in [0.2, 0.25) is 15.9 Å². The molecule has 0 bridgehead atoms. The molecule has 174 valence electrons. The summed E-state index contributed by atoms with van der Waals surface area (Å²) < 4.78 is 46.9. The van der Waals surface area contributed by atoms with Crippen LogP contribution >= 0.6 is 11.3 Å². The molecule has 2 aromatic carbocycles. The van der Waals surface area contributed by atoms with Crippen molar-refractivity contribution in [2.75, 3.05) is 43.1 Å². The highest BCUT2D eigenvalue weighted by Crippen LogP contribution is 2.32. The van der Waals surface area contributed by atoms with E-state index in [9.17, 15) is 17.6 Å². The van der Waals surface area contributed by atoms with Crippen molar-refractivity contribution in [3.8, 4) is 0 Å². The van der Waals surface area contributed by atoms with Gasteiger partial charge in [0.05, 0.1) is 28.3 Å². The number of amides is 1. The predicted octanol–water partition coefficient (Wildman–Crippen LogP) is 3.06. The average Bonchev–Trinajstić information content (AvgIpc) is 3.48. The summed E-state index contributed by atoms with van der Waals surface area (Å²) in [5, 5.41) is 3.79. The smallest absolute Gasteiger partial charge is 0.243 e. The number of ether oxygens (including phenoxy) is 1. The molecule has 1 amide bonds. The molecular formula is C22H23FN4O4S2. The second-order valence-corrected chi connectivity index (χ2v) is 10.9. The summed E-state index contributed by atoms with van der Waals surface area (Å²) in [6.07, 6.45) is 1.01. The molecular weight excluding hydrogens is 467 g/mol. The van der Waals surface area contributed by atoms with Gasteiger partial charge in [-0.2, -0.15) is 4.31 Å². The molecule has 8 nitrogen and oxygen atoms in total. The summed E-state index contributed by atoms with van der Waals surface area (Å²) in [4.78, 5) is 19.9. The van der Waals surface area contributed by atoms with Crippen LogP contribution in [0.1, 0.15) is 12.8 Å². The molecule has 2 fully saturated rings. The van der Waals surface area contributed by atoms with E-state index < -0.39 is 21.9 Å². The zero-order valence-electron chi connectivity index (χ0n) is 17.7. The summed E-state index contributed by atoms with van der Waals surface area (Å²) in [6.45, 7) is 3.19. The second-order valence-electron chi connectivity index (χ2n) is 8.00. The Bertz CT molecular complexity index is 1270. The lowest BCUT2D eigenvalue weighted by Crippen LogP contribution is -2.43. The van der Waals surface area contributed by atoms with E-state index in [1.807, 2.05) is 12.1 Å². The third-order valence-corrected chi connectivity index (χ3v) is 8.85. The Hall–Kier alpha value is -2.60. The Balaban J connectivity index is 1.33. The Morgan fingerprint density at radius 1 is 1.12 bits per heavy atom. The first-order valence-electron chi connectivity index (χ1n) is 10.7. The van der Waals surface area contributed by atoms with Gasteiger partial charge >= 0.3 is 0 Å². The first-order chi connectivity index (χ1) is 15.9. The number of hydrogen-bond donors (Lipinski definition) is 1. The van der Waals surface area contributed by atoms with Crippen LogP contribution < -0.4 is 10.2 Å². The van der Waals surface area contributed by atoms with Gasteiger partial charge in [-0.05, 0) is 55.3 Å². The van der Waals surface area contributed by atoms with Gasteiger partial charge in [0, 0.05) is 25.3 Å². The van der Waals surface area contributed by atoms with Gasteiger partial charge in [-0.25, -0.2) is 17.8 Å². The highest BCUT2D eigenvalue weighted by Gasteiger charge is 2.39. The van der Waals surface area contributed by atoms with Crippen molar-refractivity contribution >= 4 is 48.3 Å². The number of aromatic nitrogens is 1. The lowest BCUT2D eigenvalue weighted by Gasteiger charge is -2.25. The quantitative estimate of drug-likeness (QED) is 0.591. The average molecular weight is 491 g/mol. The second kappa shape index (κ2) is 8.98.